The van der Waals surface area contributed by atoms with Crippen molar-refractivity contribution in [2.24, 2.45) is 14.1 Å². The summed E-state index contributed by atoms with van der Waals surface area (Å²) >= 11 is 0. The molecular formula is C20H28N8O. The highest BCUT2D eigenvalue weighted by atomic mass is 16.2. The van der Waals surface area contributed by atoms with Crippen LogP contribution in [0.2, 0.25) is 0 Å². The SMILES string of the molecule is Cc1nn(C)c(C)c1C(=O)N1CCC(c2nnc(Cn3ccnc3C)n2C)CC1. The summed E-state index contributed by atoms with van der Waals surface area (Å²) in [6.45, 7) is 7.93. The number of hydrogen-bond donors (Lipinski definition) is 0. The second-order valence-electron chi connectivity index (χ2n) is 7.87. The van der Waals surface area contributed by atoms with Gasteiger partial charge in [-0.1, -0.05) is 0 Å². The number of piperidine rings is 1. The Morgan fingerprint density at radius 3 is 2.45 bits per heavy atom. The van der Waals surface area contributed by atoms with Crippen molar-refractivity contribution >= 4 is 5.91 Å². The maximum atomic E-state index is 13.0. The monoisotopic (exact) mass is 396 g/mol. The molecule has 0 bridgehead atoms. The number of aromatic nitrogens is 7. The van der Waals surface area contributed by atoms with E-state index in [2.05, 4.69) is 29.4 Å². The number of likely N-dealkylation sites (tertiary alicyclic amines) is 1. The maximum absolute atomic E-state index is 13.0. The zero-order valence-electron chi connectivity index (χ0n) is 17.8. The fourth-order valence-corrected chi connectivity index (χ4v) is 4.17. The molecule has 0 unspecified atom stereocenters. The predicted molar refractivity (Wildman–Crippen MR) is 108 cm³/mol. The molecule has 1 saturated heterocycles. The third-order valence-electron chi connectivity index (χ3n) is 6.10. The second kappa shape index (κ2) is 7.46. The van der Waals surface area contributed by atoms with Crippen LogP contribution in [0, 0.1) is 20.8 Å². The Bertz CT molecular complexity index is 1040. The van der Waals surface area contributed by atoms with Gasteiger partial charge in [0.2, 0.25) is 0 Å². The summed E-state index contributed by atoms with van der Waals surface area (Å²) in [5, 5.41) is 13.3. The lowest BCUT2D eigenvalue weighted by Gasteiger charge is -2.31. The number of nitrogens with zero attached hydrogens (tertiary/aromatic N) is 8. The molecule has 4 rings (SSSR count). The minimum Gasteiger partial charge on any atom is -0.338 e. The summed E-state index contributed by atoms with van der Waals surface area (Å²) in [6, 6.07) is 0. The largest absolute Gasteiger partial charge is 0.338 e. The van der Waals surface area contributed by atoms with Crippen LogP contribution in [0.4, 0.5) is 0 Å². The molecule has 0 aliphatic carbocycles. The zero-order valence-corrected chi connectivity index (χ0v) is 17.8. The molecule has 0 spiro atoms. The average Bonchev–Trinajstić information content (AvgIpc) is 3.34. The maximum Gasteiger partial charge on any atom is 0.257 e. The molecule has 1 aliphatic heterocycles. The number of imidazole rings is 1. The lowest BCUT2D eigenvalue weighted by atomic mass is 9.95. The lowest BCUT2D eigenvalue weighted by molar-refractivity contribution is 0.0709. The van der Waals surface area contributed by atoms with Crippen LogP contribution in [0.25, 0.3) is 0 Å². The van der Waals surface area contributed by atoms with Gasteiger partial charge in [-0.2, -0.15) is 5.10 Å². The van der Waals surface area contributed by atoms with Crippen LogP contribution in [-0.4, -0.2) is 58.0 Å². The van der Waals surface area contributed by atoms with E-state index in [1.54, 1.807) is 10.9 Å². The van der Waals surface area contributed by atoms with E-state index in [0.717, 1.165) is 60.4 Å². The van der Waals surface area contributed by atoms with Gasteiger partial charge in [0.05, 0.1) is 17.8 Å². The molecule has 3 aromatic rings. The van der Waals surface area contributed by atoms with E-state index in [1.165, 1.54) is 0 Å². The van der Waals surface area contributed by atoms with Crippen molar-refractivity contribution in [1.82, 2.24) is 39.0 Å². The molecule has 9 nitrogen and oxygen atoms in total. The topological polar surface area (TPSA) is 86.7 Å². The van der Waals surface area contributed by atoms with Gasteiger partial charge in [-0.3, -0.25) is 9.48 Å². The Labute approximate surface area is 170 Å². The van der Waals surface area contributed by atoms with Crippen molar-refractivity contribution in [3.8, 4) is 0 Å². The lowest BCUT2D eigenvalue weighted by Crippen LogP contribution is -2.38. The molecule has 1 fully saturated rings. The Hall–Kier alpha value is -2.97. The summed E-state index contributed by atoms with van der Waals surface area (Å²) < 4.78 is 5.93. The quantitative estimate of drug-likeness (QED) is 0.670. The Balaban J connectivity index is 1.44. The fourth-order valence-electron chi connectivity index (χ4n) is 4.17. The highest BCUT2D eigenvalue weighted by Gasteiger charge is 2.30. The van der Waals surface area contributed by atoms with Gasteiger partial charge in [0.25, 0.3) is 5.91 Å². The highest BCUT2D eigenvalue weighted by molar-refractivity contribution is 5.96. The molecule has 0 saturated carbocycles. The van der Waals surface area contributed by atoms with E-state index in [-0.39, 0.29) is 5.91 Å². The van der Waals surface area contributed by atoms with Crippen LogP contribution in [0.15, 0.2) is 12.4 Å². The van der Waals surface area contributed by atoms with Gasteiger partial charge in [-0.05, 0) is 33.6 Å². The fraction of sp³-hybridized carbons (Fsp3) is 0.550. The molecule has 4 heterocycles. The Kier molecular flexibility index (Phi) is 4.97. The van der Waals surface area contributed by atoms with Gasteiger partial charge >= 0.3 is 0 Å². The first-order chi connectivity index (χ1) is 13.9. The highest BCUT2D eigenvalue weighted by Crippen LogP contribution is 2.28. The summed E-state index contributed by atoms with van der Waals surface area (Å²) in [5.41, 5.74) is 2.45. The van der Waals surface area contributed by atoms with Crippen LogP contribution < -0.4 is 0 Å². The molecule has 29 heavy (non-hydrogen) atoms. The van der Waals surface area contributed by atoms with E-state index >= 15 is 0 Å². The van der Waals surface area contributed by atoms with Crippen LogP contribution in [0.3, 0.4) is 0 Å². The van der Waals surface area contributed by atoms with Crippen LogP contribution >= 0.6 is 0 Å². The number of carbonyl (C=O) groups is 1. The van der Waals surface area contributed by atoms with Crippen LogP contribution in [0.5, 0.6) is 0 Å². The molecule has 1 aliphatic rings. The third kappa shape index (κ3) is 3.45. The first-order valence-electron chi connectivity index (χ1n) is 10.0. The van der Waals surface area contributed by atoms with E-state index in [1.807, 2.05) is 46.0 Å². The zero-order chi connectivity index (χ0) is 20.7. The van der Waals surface area contributed by atoms with Crippen molar-refractivity contribution in [3.05, 3.63) is 46.8 Å². The molecule has 1 amide bonds. The summed E-state index contributed by atoms with van der Waals surface area (Å²) in [4.78, 5) is 19.2. The number of hydrogen-bond acceptors (Lipinski definition) is 5. The summed E-state index contributed by atoms with van der Waals surface area (Å²) in [6.07, 6.45) is 5.53. The molecule has 3 aromatic heterocycles. The van der Waals surface area contributed by atoms with Crippen molar-refractivity contribution in [3.63, 3.8) is 0 Å². The van der Waals surface area contributed by atoms with E-state index in [0.29, 0.717) is 12.5 Å². The minimum atomic E-state index is 0.0841. The number of rotatable bonds is 4. The van der Waals surface area contributed by atoms with Gasteiger partial charge in [0.1, 0.15) is 11.6 Å². The number of carbonyl (C=O) groups excluding carboxylic acids is 1. The smallest absolute Gasteiger partial charge is 0.257 e. The predicted octanol–water partition coefficient (Wildman–Crippen LogP) is 1.74. The number of aryl methyl sites for hydroxylation is 3. The molecule has 0 aromatic carbocycles. The summed E-state index contributed by atoms with van der Waals surface area (Å²) in [7, 11) is 3.90. The molecule has 0 radical (unpaired) electrons. The van der Waals surface area contributed by atoms with Crippen molar-refractivity contribution in [2.45, 2.75) is 46.1 Å². The first-order valence-corrected chi connectivity index (χ1v) is 10.0. The van der Waals surface area contributed by atoms with Gasteiger partial charge in [-0.25, -0.2) is 4.98 Å². The van der Waals surface area contributed by atoms with Crippen LogP contribution in [-0.2, 0) is 20.6 Å². The van der Waals surface area contributed by atoms with Gasteiger partial charge in [0.15, 0.2) is 5.82 Å². The Morgan fingerprint density at radius 1 is 1.14 bits per heavy atom. The van der Waals surface area contributed by atoms with Gasteiger partial charge < -0.3 is 14.0 Å². The second-order valence-corrected chi connectivity index (χ2v) is 7.87. The minimum absolute atomic E-state index is 0.0841. The van der Waals surface area contributed by atoms with Crippen molar-refractivity contribution < 1.29 is 4.79 Å². The Morgan fingerprint density at radius 2 is 1.86 bits per heavy atom. The number of amides is 1. The summed E-state index contributed by atoms with van der Waals surface area (Å²) in [5.74, 6) is 3.27. The molecule has 0 N–H and O–H groups in total. The molecule has 154 valence electrons. The van der Waals surface area contributed by atoms with Crippen molar-refractivity contribution in [1.29, 1.82) is 0 Å². The van der Waals surface area contributed by atoms with Crippen molar-refractivity contribution in [2.75, 3.05) is 13.1 Å². The first kappa shape index (κ1) is 19.4. The van der Waals surface area contributed by atoms with Crippen LogP contribution in [0.1, 0.15) is 58.0 Å². The molecule has 9 heteroatoms. The van der Waals surface area contributed by atoms with E-state index in [9.17, 15) is 4.79 Å². The average molecular weight is 396 g/mol. The normalized spacial score (nSPS) is 15.3. The molecular weight excluding hydrogens is 368 g/mol. The molecule has 0 atom stereocenters. The van der Waals surface area contributed by atoms with E-state index < -0.39 is 0 Å². The standard InChI is InChI=1S/C20H28N8O/c1-13-18(14(2)26(5)24-13)20(29)27-9-6-16(7-10-27)19-23-22-17(25(19)4)12-28-11-8-21-15(28)3/h8,11,16H,6-7,9-10,12H2,1-5H3. The third-order valence-corrected chi connectivity index (χ3v) is 6.10. The van der Waals surface area contributed by atoms with E-state index in [4.69, 9.17) is 0 Å². The van der Waals surface area contributed by atoms with Gasteiger partial charge in [0, 0.05) is 51.2 Å². The van der Waals surface area contributed by atoms with Gasteiger partial charge in [-0.15, -0.1) is 10.2 Å².